The van der Waals surface area contributed by atoms with E-state index in [1.165, 1.54) is 0 Å². The molecule has 7 nitrogen and oxygen atoms in total. The average Bonchev–Trinajstić information content (AvgIpc) is 2.53. The van der Waals surface area contributed by atoms with Crippen LogP contribution < -0.4 is 0 Å². The van der Waals surface area contributed by atoms with Crippen molar-refractivity contribution in [3.8, 4) is 0 Å². The lowest BCUT2D eigenvalue weighted by molar-refractivity contribution is -0.144. The van der Waals surface area contributed by atoms with Gasteiger partial charge in [-0.1, -0.05) is 6.92 Å². The first-order valence-electron chi connectivity index (χ1n) is 8.86. The molecule has 2 aliphatic heterocycles. The number of likely N-dealkylation sites (N-methyl/N-ethyl adjacent to an activating group) is 1. The highest BCUT2D eigenvalue weighted by Crippen LogP contribution is 2.24. The Balaban J connectivity index is 2.03. The summed E-state index contributed by atoms with van der Waals surface area (Å²) in [5.74, 6) is -1.36. The number of carbonyl (C=O) groups is 2. The summed E-state index contributed by atoms with van der Waals surface area (Å²) < 4.78 is 5.44. The predicted molar refractivity (Wildman–Crippen MR) is 91.0 cm³/mol. The maximum atomic E-state index is 12.4. The number of rotatable bonds is 3. The summed E-state index contributed by atoms with van der Waals surface area (Å²) in [5.41, 5.74) is -0.574. The van der Waals surface area contributed by atoms with E-state index in [0.717, 1.165) is 32.7 Å². The highest BCUT2D eigenvalue weighted by Gasteiger charge is 2.38. The summed E-state index contributed by atoms with van der Waals surface area (Å²) in [6.45, 7) is 13.3. The fourth-order valence-electron chi connectivity index (χ4n) is 3.44. The van der Waals surface area contributed by atoms with Crippen molar-refractivity contribution in [3.63, 3.8) is 0 Å². The molecule has 1 amide bonds. The van der Waals surface area contributed by atoms with Crippen molar-refractivity contribution in [3.05, 3.63) is 0 Å². The largest absolute Gasteiger partial charge is 0.481 e. The summed E-state index contributed by atoms with van der Waals surface area (Å²) in [4.78, 5) is 30.2. The van der Waals surface area contributed by atoms with Crippen molar-refractivity contribution in [2.24, 2.45) is 5.92 Å². The third kappa shape index (κ3) is 5.08. The molecule has 2 heterocycles. The number of carboxylic acid groups (broad SMARTS) is 1. The molecule has 0 bridgehead atoms. The van der Waals surface area contributed by atoms with Gasteiger partial charge in [-0.25, -0.2) is 4.79 Å². The van der Waals surface area contributed by atoms with Gasteiger partial charge in [0.25, 0.3) is 0 Å². The van der Waals surface area contributed by atoms with Crippen LogP contribution in [0.2, 0.25) is 0 Å². The first kappa shape index (κ1) is 19.0. The molecule has 0 aromatic carbocycles. The summed E-state index contributed by atoms with van der Waals surface area (Å²) in [6.07, 6.45) is 0.187. The maximum absolute atomic E-state index is 12.4. The van der Waals surface area contributed by atoms with Crippen molar-refractivity contribution in [2.75, 3.05) is 45.8 Å². The molecule has 0 unspecified atom stereocenters. The van der Waals surface area contributed by atoms with E-state index in [9.17, 15) is 14.7 Å². The molecular formula is C17H31N3O4. The minimum atomic E-state index is -0.833. The van der Waals surface area contributed by atoms with Crippen molar-refractivity contribution < 1.29 is 19.4 Å². The van der Waals surface area contributed by atoms with E-state index in [1.807, 2.05) is 20.8 Å². The molecule has 0 radical (unpaired) electrons. The van der Waals surface area contributed by atoms with Crippen LogP contribution >= 0.6 is 0 Å². The van der Waals surface area contributed by atoms with Crippen molar-refractivity contribution >= 4 is 12.1 Å². The van der Waals surface area contributed by atoms with Crippen LogP contribution in [0.5, 0.6) is 0 Å². The van der Waals surface area contributed by atoms with Crippen molar-refractivity contribution in [1.29, 1.82) is 0 Å². The zero-order valence-electron chi connectivity index (χ0n) is 15.3. The Bertz CT molecular complexity index is 455. The molecule has 0 aromatic heterocycles. The predicted octanol–water partition coefficient (Wildman–Crippen LogP) is 1.33. The number of nitrogens with zero attached hydrogens (tertiary/aromatic N) is 3. The molecule has 24 heavy (non-hydrogen) atoms. The van der Waals surface area contributed by atoms with Gasteiger partial charge in [-0.3, -0.25) is 9.69 Å². The molecule has 1 N–H and O–H groups in total. The van der Waals surface area contributed by atoms with E-state index in [2.05, 4.69) is 16.7 Å². The Morgan fingerprint density at radius 1 is 1.12 bits per heavy atom. The number of hydrogen-bond acceptors (Lipinski definition) is 5. The topological polar surface area (TPSA) is 73.3 Å². The molecule has 2 rings (SSSR count). The lowest BCUT2D eigenvalue weighted by atomic mass is 9.93. The van der Waals surface area contributed by atoms with E-state index in [0.29, 0.717) is 13.0 Å². The molecule has 138 valence electrons. The Hall–Kier alpha value is -1.34. The fraction of sp³-hybridized carbons (Fsp3) is 0.882. The highest BCUT2D eigenvalue weighted by atomic mass is 16.6. The summed E-state index contributed by atoms with van der Waals surface area (Å²) in [6, 6.07) is 0.0892. The second kappa shape index (κ2) is 7.70. The van der Waals surface area contributed by atoms with Crippen LogP contribution in [-0.4, -0.2) is 89.3 Å². The summed E-state index contributed by atoms with van der Waals surface area (Å²) >= 11 is 0. The zero-order chi connectivity index (χ0) is 17.9. The van der Waals surface area contributed by atoms with E-state index >= 15 is 0 Å². The molecular weight excluding hydrogens is 310 g/mol. The van der Waals surface area contributed by atoms with Gasteiger partial charge in [0.05, 0.1) is 5.92 Å². The third-order valence-corrected chi connectivity index (χ3v) is 4.80. The summed E-state index contributed by atoms with van der Waals surface area (Å²) in [5, 5.41) is 9.46. The first-order chi connectivity index (χ1) is 11.2. The molecule has 0 aliphatic carbocycles. The molecule has 0 spiro atoms. The van der Waals surface area contributed by atoms with Gasteiger partial charge in [0.1, 0.15) is 5.60 Å². The minimum Gasteiger partial charge on any atom is -0.481 e. The number of ether oxygens (including phenoxy) is 1. The number of carbonyl (C=O) groups excluding carboxylic acids is 1. The minimum absolute atomic E-state index is 0.0892. The van der Waals surface area contributed by atoms with E-state index < -0.39 is 23.6 Å². The normalized spacial score (nSPS) is 27.1. The van der Waals surface area contributed by atoms with E-state index in [4.69, 9.17) is 4.74 Å². The number of likely N-dealkylation sites (tertiary alicyclic amines) is 1. The first-order valence-corrected chi connectivity index (χ1v) is 8.86. The molecule has 2 fully saturated rings. The van der Waals surface area contributed by atoms with Gasteiger partial charge in [0.2, 0.25) is 0 Å². The van der Waals surface area contributed by atoms with Gasteiger partial charge in [0.15, 0.2) is 0 Å². The van der Waals surface area contributed by atoms with Gasteiger partial charge in [0, 0.05) is 45.3 Å². The molecule has 7 heteroatoms. The average molecular weight is 341 g/mol. The van der Waals surface area contributed by atoms with Crippen LogP contribution in [-0.2, 0) is 9.53 Å². The Morgan fingerprint density at radius 2 is 1.75 bits per heavy atom. The SMILES string of the molecule is CCN1CCN([C@@H]2C[C@H](C(=O)O)CN(C(=O)OC(C)(C)C)C2)CC1. The maximum Gasteiger partial charge on any atom is 0.410 e. The standard InChI is InChI=1S/C17H31N3O4/c1-5-18-6-8-19(9-7-18)14-10-13(15(21)22)11-20(12-14)16(23)24-17(2,3)4/h13-14H,5-12H2,1-4H3,(H,21,22)/t13-,14+/m0/s1. The number of carboxylic acids is 1. The van der Waals surface area contributed by atoms with Crippen LogP contribution in [0.1, 0.15) is 34.1 Å². The number of piperazine rings is 1. The van der Waals surface area contributed by atoms with Gasteiger partial charge >= 0.3 is 12.1 Å². The van der Waals surface area contributed by atoms with Crippen LogP contribution in [0.25, 0.3) is 0 Å². The highest BCUT2D eigenvalue weighted by molar-refractivity contribution is 5.73. The van der Waals surface area contributed by atoms with Gasteiger partial charge in [-0.15, -0.1) is 0 Å². The quantitative estimate of drug-likeness (QED) is 0.835. The van der Waals surface area contributed by atoms with Gasteiger partial charge in [-0.05, 0) is 33.7 Å². The Morgan fingerprint density at radius 3 is 2.25 bits per heavy atom. The van der Waals surface area contributed by atoms with Crippen LogP contribution in [0.3, 0.4) is 0 Å². The third-order valence-electron chi connectivity index (χ3n) is 4.80. The molecule has 2 aliphatic rings. The number of hydrogen-bond donors (Lipinski definition) is 1. The molecule has 2 atom stereocenters. The van der Waals surface area contributed by atoms with Crippen molar-refractivity contribution in [1.82, 2.24) is 14.7 Å². The van der Waals surface area contributed by atoms with Gasteiger partial charge in [-0.2, -0.15) is 0 Å². The monoisotopic (exact) mass is 341 g/mol. The second-order valence-electron chi connectivity index (χ2n) is 7.78. The lowest BCUT2D eigenvalue weighted by Crippen LogP contribution is -2.58. The van der Waals surface area contributed by atoms with Crippen LogP contribution in [0.4, 0.5) is 4.79 Å². The number of amides is 1. The van der Waals surface area contributed by atoms with E-state index in [-0.39, 0.29) is 12.6 Å². The smallest absolute Gasteiger partial charge is 0.410 e. The Kier molecular flexibility index (Phi) is 6.09. The molecule has 0 aromatic rings. The van der Waals surface area contributed by atoms with Gasteiger partial charge < -0.3 is 19.6 Å². The van der Waals surface area contributed by atoms with E-state index in [1.54, 1.807) is 4.90 Å². The zero-order valence-corrected chi connectivity index (χ0v) is 15.3. The lowest BCUT2D eigenvalue weighted by Gasteiger charge is -2.44. The number of piperidine rings is 1. The van der Waals surface area contributed by atoms with Crippen LogP contribution in [0.15, 0.2) is 0 Å². The molecule has 0 saturated carbocycles. The summed E-state index contributed by atoms with van der Waals surface area (Å²) in [7, 11) is 0. The molecule has 2 saturated heterocycles. The van der Waals surface area contributed by atoms with Crippen LogP contribution in [0, 0.1) is 5.92 Å². The number of aliphatic carboxylic acids is 1. The fourth-order valence-corrected chi connectivity index (χ4v) is 3.44. The Labute approximate surface area is 144 Å². The van der Waals surface area contributed by atoms with Crippen molar-refractivity contribution in [2.45, 2.75) is 45.8 Å². The second-order valence-corrected chi connectivity index (χ2v) is 7.78.